The van der Waals surface area contributed by atoms with E-state index in [0.717, 1.165) is 10.9 Å². The number of nitrogens with one attached hydrogen (secondary N) is 1. The Kier molecular flexibility index (Phi) is 5.57. The summed E-state index contributed by atoms with van der Waals surface area (Å²) in [6.45, 7) is 0.155. The monoisotopic (exact) mass is 428 g/mol. The van der Waals surface area contributed by atoms with Crippen LogP contribution in [0.3, 0.4) is 0 Å². The summed E-state index contributed by atoms with van der Waals surface area (Å²) in [5, 5.41) is 30.5. The number of aliphatic imine (C=N–C) groups is 1. The second kappa shape index (κ2) is 8.44. The average Bonchev–Trinajstić information content (AvgIpc) is 3.39. The quantitative estimate of drug-likeness (QED) is 0.214. The number of tetrazole rings is 1. The summed E-state index contributed by atoms with van der Waals surface area (Å²) in [6, 6.07) is 14.7. The fraction of sp³-hybridized carbons (Fsp3) is 0.0588. The van der Waals surface area contributed by atoms with Crippen LogP contribution in [0.5, 0.6) is 0 Å². The van der Waals surface area contributed by atoms with E-state index < -0.39 is 0 Å². The summed E-state index contributed by atoms with van der Waals surface area (Å²) >= 11 is 6.12. The van der Waals surface area contributed by atoms with E-state index in [0.29, 0.717) is 22.2 Å². The molecule has 0 aliphatic heterocycles. The Labute approximate surface area is 171 Å². The van der Waals surface area contributed by atoms with Gasteiger partial charge in [0.1, 0.15) is 5.69 Å². The maximum absolute atomic E-state index is 9.59. The Balaban J connectivity index is 1.66. The van der Waals surface area contributed by atoms with Crippen molar-refractivity contribution in [2.75, 3.05) is 0 Å². The molecule has 1 atom stereocenters. The van der Waals surface area contributed by atoms with E-state index in [-0.39, 0.29) is 18.1 Å². The van der Waals surface area contributed by atoms with Gasteiger partial charge in [0, 0.05) is 10.6 Å². The maximum Gasteiger partial charge on any atom is 0.182 e. The minimum Gasteiger partial charge on any atom is -0.290 e. The number of hydrogen-bond acceptors (Lipinski definition) is 8. The van der Waals surface area contributed by atoms with Crippen molar-refractivity contribution in [2.45, 2.75) is 6.54 Å². The van der Waals surface area contributed by atoms with Crippen LogP contribution in [0, 0.1) is 0 Å². The van der Waals surface area contributed by atoms with Crippen LogP contribution in [0.4, 0.5) is 5.69 Å². The summed E-state index contributed by atoms with van der Waals surface area (Å²) in [5.74, 6) is 0.598. The van der Waals surface area contributed by atoms with Crippen LogP contribution in [0.1, 0.15) is 11.4 Å². The topological polar surface area (TPSA) is 127 Å². The molecule has 1 unspecified atom stereocenters. The number of halogens is 1. The lowest BCUT2D eigenvalue weighted by Crippen LogP contribution is -2.23. The maximum atomic E-state index is 9.59. The third kappa shape index (κ3) is 4.14. The summed E-state index contributed by atoms with van der Waals surface area (Å²) in [4.78, 5) is 4.33. The van der Waals surface area contributed by atoms with Crippen molar-refractivity contribution in [2.24, 2.45) is 4.99 Å². The molecule has 2 N–H and O–H groups in total. The van der Waals surface area contributed by atoms with Crippen molar-refractivity contribution in [3.8, 4) is 11.4 Å². The molecular weight excluding hydrogens is 415 g/mol. The predicted octanol–water partition coefficient (Wildman–Crippen LogP) is 1.98. The molecule has 29 heavy (non-hydrogen) atoms. The standard InChI is InChI=1S/C17H14ClN8O2P/c18-12-8-11(6-7-14(12)29)19-16(21-27)15-13(22-28-23-15)9-26-17(20-24-25-26)10-4-2-1-3-5-10/h1-8,27H,9,29H2,(H,19,21). The normalized spacial score (nSPS) is 11.6. The summed E-state index contributed by atoms with van der Waals surface area (Å²) in [7, 11) is 2.52. The van der Waals surface area contributed by atoms with Gasteiger partial charge in [0.05, 0.1) is 12.2 Å². The van der Waals surface area contributed by atoms with Crippen molar-refractivity contribution in [3.63, 3.8) is 0 Å². The Morgan fingerprint density at radius 2 is 2.03 bits per heavy atom. The largest absolute Gasteiger partial charge is 0.290 e. The van der Waals surface area contributed by atoms with Gasteiger partial charge in [-0.05, 0) is 33.0 Å². The molecule has 0 saturated heterocycles. The number of benzene rings is 2. The molecule has 0 fully saturated rings. The zero-order valence-electron chi connectivity index (χ0n) is 14.8. The van der Waals surface area contributed by atoms with Crippen LogP contribution in [0.15, 0.2) is 58.2 Å². The first-order valence-electron chi connectivity index (χ1n) is 8.33. The van der Waals surface area contributed by atoms with Crippen molar-refractivity contribution in [1.29, 1.82) is 0 Å². The fourth-order valence-corrected chi connectivity index (χ4v) is 2.94. The second-order valence-electron chi connectivity index (χ2n) is 5.86. The smallest absolute Gasteiger partial charge is 0.182 e. The van der Waals surface area contributed by atoms with Crippen LogP contribution in [-0.2, 0) is 6.54 Å². The van der Waals surface area contributed by atoms with E-state index in [1.807, 2.05) is 35.8 Å². The Bertz CT molecular complexity index is 1160. The number of nitrogens with zero attached hydrogens (tertiary/aromatic N) is 7. The van der Waals surface area contributed by atoms with E-state index in [4.69, 9.17) is 16.2 Å². The van der Waals surface area contributed by atoms with Crippen LogP contribution in [-0.4, -0.2) is 41.6 Å². The molecule has 0 aliphatic rings. The van der Waals surface area contributed by atoms with Gasteiger partial charge in [-0.15, -0.1) is 14.3 Å². The van der Waals surface area contributed by atoms with E-state index in [9.17, 15) is 5.21 Å². The Morgan fingerprint density at radius 3 is 2.79 bits per heavy atom. The number of hydroxylamine groups is 1. The number of hydrogen-bond donors (Lipinski definition) is 2. The van der Waals surface area contributed by atoms with Crippen LogP contribution >= 0.6 is 20.8 Å². The molecule has 0 radical (unpaired) electrons. The van der Waals surface area contributed by atoms with Crippen molar-refractivity contribution >= 4 is 37.7 Å². The minimum absolute atomic E-state index is 0.0446. The number of rotatable bonds is 5. The van der Waals surface area contributed by atoms with Gasteiger partial charge in [0.25, 0.3) is 0 Å². The highest BCUT2D eigenvalue weighted by Crippen LogP contribution is 2.20. The highest BCUT2D eigenvalue weighted by Gasteiger charge is 2.19. The van der Waals surface area contributed by atoms with E-state index in [2.05, 4.69) is 40.1 Å². The molecule has 4 rings (SSSR count). The molecule has 4 aromatic rings. The summed E-state index contributed by atoms with van der Waals surface area (Å²) in [5.41, 5.74) is 3.98. The van der Waals surface area contributed by atoms with Gasteiger partial charge in [-0.2, -0.15) is 0 Å². The molecule has 12 heteroatoms. The van der Waals surface area contributed by atoms with Gasteiger partial charge in [-0.3, -0.25) is 10.7 Å². The average molecular weight is 429 g/mol. The first-order valence-corrected chi connectivity index (χ1v) is 9.28. The first-order chi connectivity index (χ1) is 14.2. The summed E-state index contributed by atoms with van der Waals surface area (Å²) < 4.78 is 6.41. The van der Waals surface area contributed by atoms with Crippen molar-refractivity contribution in [3.05, 3.63) is 64.9 Å². The van der Waals surface area contributed by atoms with E-state index >= 15 is 0 Å². The molecule has 0 saturated carbocycles. The van der Waals surface area contributed by atoms with Crippen LogP contribution in [0.2, 0.25) is 5.02 Å². The van der Waals surface area contributed by atoms with E-state index in [1.165, 1.54) is 0 Å². The third-order valence-corrected chi connectivity index (χ3v) is 4.99. The van der Waals surface area contributed by atoms with Gasteiger partial charge in [0.15, 0.2) is 17.4 Å². The van der Waals surface area contributed by atoms with Crippen LogP contribution < -0.4 is 10.8 Å². The fourth-order valence-electron chi connectivity index (χ4n) is 2.58. The van der Waals surface area contributed by atoms with Gasteiger partial charge in [0.2, 0.25) is 0 Å². The van der Waals surface area contributed by atoms with Crippen molar-refractivity contribution < 1.29 is 9.84 Å². The van der Waals surface area contributed by atoms with Gasteiger partial charge < -0.3 is 0 Å². The molecule has 2 aromatic heterocycles. The Morgan fingerprint density at radius 1 is 1.21 bits per heavy atom. The molecule has 0 amide bonds. The lowest BCUT2D eigenvalue weighted by atomic mass is 10.2. The lowest BCUT2D eigenvalue weighted by molar-refractivity contribution is 0.234. The SMILES string of the molecule is ONC(=Nc1ccc(P)c(Cl)c1)c1nonc1Cn1nnnc1-c1ccccc1. The minimum atomic E-state index is 0.0446. The molecule has 10 nitrogen and oxygen atoms in total. The molecule has 2 aromatic carbocycles. The number of aromatic nitrogens is 6. The molecule has 0 bridgehead atoms. The Hall–Kier alpha value is -3.20. The van der Waals surface area contributed by atoms with Gasteiger partial charge in [-0.25, -0.2) is 14.3 Å². The third-order valence-electron chi connectivity index (χ3n) is 3.98. The molecular formula is C17H14ClN8O2P. The van der Waals surface area contributed by atoms with E-state index in [1.54, 1.807) is 22.9 Å². The summed E-state index contributed by atoms with van der Waals surface area (Å²) in [6.07, 6.45) is 0. The van der Waals surface area contributed by atoms with Crippen molar-refractivity contribution in [1.82, 2.24) is 36.0 Å². The van der Waals surface area contributed by atoms with Gasteiger partial charge in [-0.1, -0.05) is 53.2 Å². The first kappa shape index (κ1) is 19.1. The molecule has 0 aliphatic carbocycles. The zero-order chi connectivity index (χ0) is 20.2. The number of amidine groups is 1. The zero-order valence-corrected chi connectivity index (χ0v) is 16.7. The predicted molar refractivity (Wildman–Crippen MR) is 109 cm³/mol. The molecule has 0 spiro atoms. The van der Waals surface area contributed by atoms with Crippen LogP contribution in [0.25, 0.3) is 11.4 Å². The molecule has 146 valence electrons. The highest BCUT2D eigenvalue weighted by atomic mass is 35.5. The highest BCUT2D eigenvalue weighted by molar-refractivity contribution is 7.28. The lowest BCUT2D eigenvalue weighted by Gasteiger charge is -2.06. The van der Waals surface area contributed by atoms with Gasteiger partial charge >= 0.3 is 0 Å². The molecule has 2 heterocycles. The second-order valence-corrected chi connectivity index (χ2v) is 6.89.